The number of pyridine rings is 2. The molecule has 0 aliphatic carbocycles. The highest BCUT2D eigenvalue weighted by molar-refractivity contribution is 9.10. The van der Waals surface area contributed by atoms with Crippen LogP contribution in [0.5, 0.6) is 0 Å². The van der Waals surface area contributed by atoms with E-state index < -0.39 is 10.8 Å². The van der Waals surface area contributed by atoms with E-state index >= 15 is 0 Å². The molecule has 2 heterocycles. The molecule has 90 valence electrons. The smallest absolute Gasteiger partial charge is 0.112 e. The van der Waals surface area contributed by atoms with E-state index in [0.717, 1.165) is 21.2 Å². The molecule has 1 N–H and O–H groups in total. The molecule has 4 nitrogen and oxygen atoms in total. The molecular weight excluding hydrogens is 302 g/mol. The summed E-state index contributed by atoms with van der Waals surface area (Å²) in [5.74, 6) is 0.625. The maximum atomic E-state index is 11.0. The molecule has 0 fully saturated rings. The zero-order valence-corrected chi connectivity index (χ0v) is 11.7. The van der Waals surface area contributed by atoms with Crippen LogP contribution < -0.4 is 5.32 Å². The molecule has 0 radical (unpaired) electrons. The third kappa shape index (κ3) is 3.23. The first kappa shape index (κ1) is 12.4. The second kappa shape index (κ2) is 5.55. The monoisotopic (exact) mass is 313 g/mol. The molecule has 1 atom stereocenters. The SMILES string of the molecule is CS(=O)CCNc1ccnc2cc(Br)cnc12. The lowest BCUT2D eigenvalue weighted by Gasteiger charge is -2.07. The van der Waals surface area contributed by atoms with Crippen LogP contribution in [0.1, 0.15) is 0 Å². The highest BCUT2D eigenvalue weighted by Crippen LogP contribution is 2.21. The summed E-state index contributed by atoms with van der Waals surface area (Å²) in [6.07, 6.45) is 5.18. The van der Waals surface area contributed by atoms with E-state index in [-0.39, 0.29) is 0 Å². The van der Waals surface area contributed by atoms with Crippen molar-refractivity contribution < 1.29 is 4.21 Å². The Bertz CT molecular complexity index is 561. The van der Waals surface area contributed by atoms with Gasteiger partial charge in [0.1, 0.15) is 5.52 Å². The lowest BCUT2D eigenvalue weighted by molar-refractivity contribution is 0.687. The molecule has 2 aromatic rings. The van der Waals surface area contributed by atoms with Crippen molar-refractivity contribution >= 4 is 43.5 Å². The average Bonchev–Trinajstić information content (AvgIpc) is 2.28. The number of anilines is 1. The van der Waals surface area contributed by atoms with Crippen LogP contribution in [0.2, 0.25) is 0 Å². The summed E-state index contributed by atoms with van der Waals surface area (Å²) in [4.78, 5) is 8.58. The molecule has 2 rings (SSSR count). The van der Waals surface area contributed by atoms with Crippen LogP contribution in [-0.2, 0) is 10.8 Å². The van der Waals surface area contributed by atoms with Gasteiger partial charge in [0.15, 0.2) is 0 Å². The van der Waals surface area contributed by atoms with Crippen molar-refractivity contribution in [3.05, 3.63) is 29.0 Å². The van der Waals surface area contributed by atoms with Gasteiger partial charge in [0.25, 0.3) is 0 Å². The van der Waals surface area contributed by atoms with E-state index in [1.807, 2.05) is 12.1 Å². The summed E-state index contributed by atoms with van der Waals surface area (Å²) in [7, 11) is -0.783. The van der Waals surface area contributed by atoms with E-state index in [2.05, 4.69) is 31.2 Å². The fourth-order valence-electron chi connectivity index (χ4n) is 1.48. The van der Waals surface area contributed by atoms with Crippen molar-refractivity contribution in [1.29, 1.82) is 0 Å². The third-order valence-corrected chi connectivity index (χ3v) is 3.46. The number of nitrogens with one attached hydrogen (secondary N) is 1. The molecule has 0 saturated heterocycles. The summed E-state index contributed by atoms with van der Waals surface area (Å²) in [5, 5.41) is 3.23. The molecule has 0 saturated carbocycles. The van der Waals surface area contributed by atoms with Crippen LogP contribution in [0.15, 0.2) is 29.0 Å². The van der Waals surface area contributed by atoms with Crippen LogP contribution in [0, 0.1) is 0 Å². The zero-order chi connectivity index (χ0) is 12.3. The standard InChI is InChI=1S/C11H12BrN3OS/c1-17(16)5-4-14-9-2-3-13-10-6-8(12)7-15-11(9)10/h2-3,6-7H,4-5H2,1H3,(H,13,14). The van der Waals surface area contributed by atoms with Gasteiger partial charge in [-0.25, -0.2) is 0 Å². The summed E-state index contributed by atoms with van der Waals surface area (Å²) in [5.41, 5.74) is 2.59. The van der Waals surface area contributed by atoms with Crippen molar-refractivity contribution in [2.24, 2.45) is 0 Å². The largest absolute Gasteiger partial charge is 0.382 e. The highest BCUT2D eigenvalue weighted by atomic mass is 79.9. The second-order valence-electron chi connectivity index (χ2n) is 3.58. The molecule has 0 aromatic carbocycles. The molecule has 0 amide bonds. The first-order chi connectivity index (χ1) is 8.16. The van der Waals surface area contributed by atoms with Crippen LogP contribution in [-0.4, -0.2) is 32.7 Å². The van der Waals surface area contributed by atoms with E-state index in [9.17, 15) is 4.21 Å². The summed E-state index contributed by atoms with van der Waals surface area (Å²) < 4.78 is 11.9. The number of hydrogen-bond acceptors (Lipinski definition) is 4. The summed E-state index contributed by atoms with van der Waals surface area (Å²) in [6.45, 7) is 0.667. The van der Waals surface area contributed by atoms with Crippen LogP contribution >= 0.6 is 15.9 Å². The number of fused-ring (bicyclic) bond motifs is 1. The molecule has 2 aromatic heterocycles. The first-order valence-electron chi connectivity index (χ1n) is 5.11. The lowest BCUT2D eigenvalue weighted by Crippen LogP contribution is -2.10. The number of nitrogens with zero attached hydrogens (tertiary/aromatic N) is 2. The van der Waals surface area contributed by atoms with Gasteiger partial charge in [-0.2, -0.15) is 0 Å². The summed E-state index contributed by atoms with van der Waals surface area (Å²) >= 11 is 3.37. The normalized spacial score (nSPS) is 12.6. The fourth-order valence-corrected chi connectivity index (χ4v) is 2.19. The van der Waals surface area contributed by atoms with E-state index in [1.54, 1.807) is 18.6 Å². The van der Waals surface area contributed by atoms with Gasteiger partial charge in [0.05, 0.1) is 11.2 Å². The number of aromatic nitrogens is 2. The number of halogens is 1. The predicted molar refractivity (Wildman–Crippen MR) is 74.7 cm³/mol. The Morgan fingerprint density at radius 1 is 1.47 bits per heavy atom. The highest BCUT2D eigenvalue weighted by Gasteiger charge is 2.03. The van der Waals surface area contributed by atoms with Crippen molar-refractivity contribution in [3.8, 4) is 0 Å². The van der Waals surface area contributed by atoms with Crippen LogP contribution in [0.4, 0.5) is 5.69 Å². The van der Waals surface area contributed by atoms with Crippen molar-refractivity contribution in [1.82, 2.24) is 9.97 Å². The maximum Gasteiger partial charge on any atom is 0.112 e. The topological polar surface area (TPSA) is 54.9 Å². The Kier molecular flexibility index (Phi) is 4.06. The molecular formula is C11H12BrN3OS. The fraction of sp³-hybridized carbons (Fsp3) is 0.273. The minimum atomic E-state index is -0.783. The van der Waals surface area contributed by atoms with Crippen LogP contribution in [0.3, 0.4) is 0 Å². The van der Waals surface area contributed by atoms with Crippen molar-refractivity contribution in [3.63, 3.8) is 0 Å². The molecule has 0 spiro atoms. The Balaban J connectivity index is 2.25. The van der Waals surface area contributed by atoms with Gasteiger partial charge in [-0.1, -0.05) is 0 Å². The Morgan fingerprint density at radius 3 is 3.06 bits per heavy atom. The van der Waals surface area contributed by atoms with Gasteiger partial charge < -0.3 is 5.32 Å². The molecule has 17 heavy (non-hydrogen) atoms. The third-order valence-electron chi connectivity index (χ3n) is 2.25. The molecule has 0 aliphatic rings. The van der Waals surface area contributed by atoms with Gasteiger partial charge in [-0.3, -0.25) is 14.2 Å². The first-order valence-corrected chi connectivity index (χ1v) is 7.63. The molecule has 6 heteroatoms. The Morgan fingerprint density at radius 2 is 2.29 bits per heavy atom. The van der Waals surface area contributed by atoms with Gasteiger partial charge in [0, 0.05) is 46.2 Å². The van der Waals surface area contributed by atoms with E-state index in [1.165, 1.54) is 0 Å². The minimum Gasteiger partial charge on any atom is -0.382 e. The second-order valence-corrected chi connectivity index (χ2v) is 6.05. The molecule has 0 bridgehead atoms. The summed E-state index contributed by atoms with van der Waals surface area (Å²) in [6, 6.07) is 3.80. The Labute approximate surface area is 110 Å². The number of rotatable bonds is 4. The Hall–Kier alpha value is -1.01. The van der Waals surface area contributed by atoms with Crippen LogP contribution in [0.25, 0.3) is 11.0 Å². The average molecular weight is 314 g/mol. The number of hydrogen-bond donors (Lipinski definition) is 1. The van der Waals surface area contributed by atoms with Gasteiger partial charge in [-0.15, -0.1) is 0 Å². The zero-order valence-electron chi connectivity index (χ0n) is 9.31. The maximum absolute atomic E-state index is 11.0. The van der Waals surface area contributed by atoms with E-state index in [4.69, 9.17) is 0 Å². The molecule has 1 unspecified atom stereocenters. The molecule has 0 aliphatic heterocycles. The van der Waals surface area contributed by atoms with E-state index in [0.29, 0.717) is 12.3 Å². The lowest BCUT2D eigenvalue weighted by atomic mass is 10.3. The van der Waals surface area contributed by atoms with Gasteiger partial charge in [0.2, 0.25) is 0 Å². The van der Waals surface area contributed by atoms with Crippen molar-refractivity contribution in [2.45, 2.75) is 0 Å². The predicted octanol–water partition coefficient (Wildman–Crippen LogP) is 2.18. The van der Waals surface area contributed by atoms with Gasteiger partial charge >= 0.3 is 0 Å². The van der Waals surface area contributed by atoms with Crippen molar-refractivity contribution in [2.75, 3.05) is 23.9 Å². The van der Waals surface area contributed by atoms with Gasteiger partial charge in [-0.05, 0) is 28.1 Å². The quantitative estimate of drug-likeness (QED) is 0.940. The minimum absolute atomic E-state index is 0.625.